The van der Waals surface area contributed by atoms with Crippen molar-refractivity contribution < 1.29 is 9.21 Å². The van der Waals surface area contributed by atoms with Crippen LogP contribution in [0.2, 0.25) is 0 Å². The molecule has 5 nitrogen and oxygen atoms in total. The number of rotatable bonds is 7. The zero-order valence-corrected chi connectivity index (χ0v) is 20.4. The molecule has 0 bridgehead atoms. The second-order valence-electron chi connectivity index (χ2n) is 8.52. The monoisotopic (exact) mass is 459 g/mol. The lowest BCUT2D eigenvalue weighted by molar-refractivity contribution is 0.0997. The number of pyridine rings is 1. The first kappa shape index (κ1) is 22.8. The van der Waals surface area contributed by atoms with Crippen LogP contribution in [-0.4, -0.2) is 10.9 Å². The Kier molecular flexibility index (Phi) is 6.65. The fourth-order valence-corrected chi connectivity index (χ4v) is 4.92. The van der Waals surface area contributed by atoms with Crippen LogP contribution < -0.4 is 10.6 Å². The van der Waals surface area contributed by atoms with E-state index in [9.17, 15) is 4.79 Å². The fraction of sp³-hybridized carbons (Fsp3) is 0.259. The zero-order chi connectivity index (χ0) is 23.5. The van der Waals surface area contributed by atoms with E-state index in [1.165, 1.54) is 11.8 Å². The van der Waals surface area contributed by atoms with Gasteiger partial charge in [-0.05, 0) is 67.6 Å². The number of aromatic nitrogens is 1. The maximum absolute atomic E-state index is 12.8. The van der Waals surface area contributed by atoms with Crippen LogP contribution in [0.25, 0.3) is 0 Å². The topological polar surface area (TPSA) is 67.2 Å². The van der Waals surface area contributed by atoms with Gasteiger partial charge in [0.25, 0.3) is 5.91 Å². The highest BCUT2D eigenvalue weighted by Gasteiger charge is 2.26. The van der Waals surface area contributed by atoms with Crippen LogP contribution in [0, 0.1) is 20.8 Å². The third kappa shape index (κ3) is 5.01. The van der Waals surface area contributed by atoms with Crippen LogP contribution in [0.4, 0.5) is 10.8 Å². The molecule has 0 radical (unpaired) electrons. The second-order valence-corrected chi connectivity index (χ2v) is 9.75. The van der Waals surface area contributed by atoms with Gasteiger partial charge in [0.15, 0.2) is 5.76 Å². The average molecular weight is 460 g/mol. The Morgan fingerprint density at radius 3 is 2.33 bits per heavy atom. The molecule has 0 aliphatic heterocycles. The van der Waals surface area contributed by atoms with Crippen molar-refractivity contribution in [1.29, 1.82) is 0 Å². The lowest BCUT2D eigenvalue weighted by atomic mass is 9.93. The van der Waals surface area contributed by atoms with Crippen LogP contribution in [0.1, 0.15) is 69.2 Å². The SMILES string of the molecule is Cc1cccc(NC(c2ccc(C(C)C)cc2)c2c(NC(=O)c3ccco3)sc(C)c2C)n1. The largest absolute Gasteiger partial charge is 0.459 e. The van der Waals surface area contributed by atoms with Crippen LogP contribution in [0.5, 0.6) is 0 Å². The molecule has 0 spiro atoms. The first-order valence-electron chi connectivity index (χ1n) is 11.1. The van der Waals surface area contributed by atoms with Gasteiger partial charge in [-0.15, -0.1) is 11.3 Å². The minimum atomic E-state index is -0.259. The van der Waals surface area contributed by atoms with Crippen molar-refractivity contribution in [2.24, 2.45) is 0 Å². The molecule has 4 rings (SSSR count). The highest BCUT2D eigenvalue weighted by molar-refractivity contribution is 7.16. The molecule has 4 aromatic rings. The number of anilines is 2. The predicted molar refractivity (Wildman–Crippen MR) is 135 cm³/mol. The number of benzene rings is 1. The molecular formula is C27H29N3O2S. The molecule has 6 heteroatoms. The van der Waals surface area contributed by atoms with Gasteiger partial charge in [0, 0.05) is 16.1 Å². The van der Waals surface area contributed by atoms with Gasteiger partial charge < -0.3 is 15.1 Å². The Bertz CT molecular complexity index is 1240. The predicted octanol–water partition coefficient (Wildman–Crippen LogP) is 7.24. The van der Waals surface area contributed by atoms with Crippen molar-refractivity contribution in [3.63, 3.8) is 0 Å². The van der Waals surface area contributed by atoms with E-state index in [2.05, 4.69) is 67.6 Å². The molecule has 1 atom stereocenters. The molecule has 1 unspecified atom stereocenters. The van der Waals surface area contributed by atoms with Crippen molar-refractivity contribution in [1.82, 2.24) is 4.98 Å². The summed E-state index contributed by atoms with van der Waals surface area (Å²) in [6, 6.07) is 17.8. The summed E-state index contributed by atoms with van der Waals surface area (Å²) in [4.78, 5) is 18.6. The zero-order valence-electron chi connectivity index (χ0n) is 19.6. The van der Waals surface area contributed by atoms with Crippen LogP contribution in [0.15, 0.2) is 65.3 Å². The third-order valence-electron chi connectivity index (χ3n) is 5.81. The molecule has 1 amide bonds. The highest BCUT2D eigenvalue weighted by Crippen LogP contribution is 2.41. The number of carbonyl (C=O) groups excluding carboxylic acids is 1. The van der Waals surface area contributed by atoms with Crippen molar-refractivity contribution >= 4 is 28.1 Å². The summed E-state index contributed by atoms with van der Waals surface area (Å²) in [5.74, 6) is 1.28. The minimum Gasteiger partial charge on any atom is -0.459 e. The van der Waals surface area contributed by atoms with Crippen LogP contribution in [0.3, 0.4) is 0 Å². The van der Waals surface area contributed by atoms with Crippen molar-refractivity contribution in [2.45, 2.75) is 46.6 Å². The van der Waals surface area contributed by atoms with Gasteiger partial charge in [0.2, 0.25) is 0 Å². The van der Waals surface area contributed by atoms with Gasteiger partial charge in [0.05, 0.1) is 12.3 Å². The number of aryl methyl sites for hydroxylation is 2. The summed E-state index contributed by atoms with van der Waals surface area (Å²) < 4.78 is 5.30. The number of carbonyl (C=O) groups is 1. The van der Waals surface area contributed by atoms with Crippen LogP contribution in [-0.2, 0) is 0 Å². The molecular weight excluding hydrogens is 430 g/mol. The molecule has 0 saturated heterocycles. The number of nitrogens with one attached hydrogen (secondary N) is 2. The van der Waals surface area contributed by atoms with Gasteiger partial charge in [-0.25, -0.2) is 4.98 Å². The second kappa shape index (κ2) is 9.63. The average Bonchev–Trinajstić information content (AvgIpc) is 3.42. The van der Waals surface area contributed by atoms with Gasteiger partial charge in [-0.1, -0.05) is 44.2 Å². The van der Waals surface area contributed by atoms with E-state index >= 15 is 0 Å². The Hall–Kier alpha value is -3.38. The Morgan fingerprint density at radius 1 is 0.970 bits per heavy atom. The van der Waals surface area contributed by atoms with E-state index in [0.717, 1.165) is 38.1 Å². The number of thiophene rings is 1. The molecule has 0 aliphatic carbocycles. The summed E-state index contributed by atoms with van der Waals surface area (Å²) in [5.41, 5.74) is 5.53. The smallest absolute Gasteiger partial charge is 0.291 e. The summed E-state index contributed by atoms with van der Waals surface area (Å²) in [5, 5.41) is 7.51. The lowest BCUT2D eigenvalue weighted by Crippen LogP contribution is -2.18. The van der Waals surface area contributed by atoms with Gasteiger partial charge in [-0.2, -0.15) is 0 Å². The van der Waals surface area contributed by atoms with E-state index in [1.807, 2.05) is 25.1 Å². The van der Waals surface area contributed by atoms with Crippen molar-refractivity contribution in [3.8, 4) is 0 Å². The van der Waals surface area contributed by atoms with Crippen molar-refractivity contribution in [3.05, 3.63) is 99.4 Å². The summed E-state index contributed by atoms with van der Waals surface area (Å²) in [6.45, 7) is 10.5. The Morgan fingerprint density at radius 2 is 1.70 bits per heavy atom. The third-order valence-corrected chi connectivity index (χ3v) is 6.95. The number of nitrogens with zero attached hydrogens (tertiary/aromatic N) is 1. The maximum Gasteiger partial charge on any atom is 0.291 e. The Labute approximate surface area is 198 Å². The first-order chi connectivity index (χ1) is 15.8. The van der Waals surface area contributed by atoms with E-state index < -0.39 is 0 Å². The quantitative estimate of drug-likeness (QED) is 0.306. The standard InChI is InChI=1S/C27H29N3O2S/c1-16(2)20-11-13-21(14-12-20)25(29-23-10-6-8-17(3)28-23)24-18(4)19(5)33-27(24)30-26(31)22-9-7-15-32-22/h6-16,25H,1-5H3,(H,28,29)(H,30,31). The normalized spacial score (nSPS) is 12.1. The molecule has 3 heterocycles. The molecule has 3 aromatic heterocycles. The Balaban J connectivity index is 1.78. The summed E-state index contributed by atoms with van der Waals surface area (Å²) in [7, 11) is 0. The van der Waals surface area contributed by atoms with E-state index in [4.69, 9.17) is 4.42 Å². The highest BCUT2D eigenvalue weighted by atomic mass is 32.1. The summed E-state index contributed by atoms with van der Waals surface area (Å²) >= 11 is 1.58. The molecule has 0 fully saturated rings. The molecule has 2 N–H and O–H groups in total. The van der Waals surface area contributed by atoms with Crippen LogP contribution >= 0.6 is 11.3 Å². The first-order valence-corrected chi connectivity index (χ1v) is 11.9. The number of amides is 1. The fourth-order valence-electron chi connectivity index (χ4n) is 3.82. The summed E-state index contributed by atoms with van der Waals surface area (Å²) in [6.07, 6.45) is 1.50. The lowest BCUT2D eigenvalue weighted by Gasteiger charge is -2.23. The van der Waals surface area contributed by atoms with E-state index in [-0.39, 0.29) is 17.7 Å². The van der Waals surface area contributed by atoms with E-state index in [0.29, 0.717) is 5.92 Å². The van der Waals surface area contributed by atoms with Gasteiger partial charge >= 0.3 is 0 Å². The van der Waals surface area contributed by atoms with Gasteiger partial charge in [0.1, 0.15) is 10.8 Å². The minimum absolute atomic E-state index is 0.183. The molecule has 33 heavy (non-hydrogen) atoms. The number of furan rings is 1. The molecule has 1 aromatic carbocycles. The molecule has 0 aliphatic rings. The number of hydrogen-bond acceptors (Lipinski definition) is 5. The van der Waals surface area contributed by atoms with Crippen molar-refractivity contribution in [2.75, 3.05) is 10.6 Å². The molecule has 0 saturated carbocycles. The maximum atomic E-state index is 12.8. The van der Waals surface area contributed by atoms with E-state index in [1.54, 1.807) is 23.5 Å². The van der Waals surface area contributed by atoms with Gasteiger partial charge in [-0.3, -0.25) is 4.79 Å². The molecule has 170 valence electrons. The number of hydrogen-bond donors (Lipinski definition) is 2.